The van der Waals surface area contributed by atoms with Crippen molar-refractivity contribution in [3.63, 3.8) is 0 Å². The van der Waals surface area contributed by atoms with E-state index >= 15 is 0 Å². The van der Waals surface area contributed by atoms with Gasteiger partial charge in [0.25, 0.3) is 5.89 Å². The zero-order chi connectivity index (χ0) is 17.3. The Morgan fingerprint density at radius 1 is 1.44 bits per heavy atom. The van der Waals surface area contributed by atoms with Crippen molar-refractivity contribution < 1.29 is 12.9 Å². The molecule has 0 aliphatic carbocycles. The molecule has 1 N–H and O–H groups in total. The van der Waals surface area contributed by atoms with E-state index in [2.05, 4.69) is 20.4 Å². The second-order valence-electron chi connectivity index (χ2n) is 5.70. The molecule has 25 heavy (non-hydrogen) atoms. The summed E-state index contributed by atoms with van der Waals surface area (Å²) in [5, 5.41) is 7.71. The van der Waals surface area contributed by atoms with E-state index in [9.17, 15) is 8.42 Å². The van der Waals surface area contributed by atoms with E-state index in [4.69, 9.17) is 16.1 Å². The maximum atomic E-state index is 12.1. The highest BCUT2D eigenvalue weighted by molar-refractivity contribution is 7.91. The SMILES string of the molecule is CCS(=O)(=O)c1ccc(Cl)c(-c2nc(C3CNCCN3C)no2)c1.Cl. The first-order chi connectivity index (χ1) is 11.4. The van der Waals surface area contributed by atoms with Crippen molar-refractivity contribution in [3.8, 4) is 11.5 Å². The summed E-state index contributed by atoms with van der Waals surface area (Å²) in [7, 11) is -1.33. The molecule has 1 aromatic carbocycles. The highest BCUT2D eigenvalue weighted by Crippen LogP contribution is 2.31. The molecule has 0 saturated carbocycles. The molecule has 1 atom stereocenters. The Morgan fingerprint density at radius 2 is 2.20 bits per heavy atom. The van der Waals surface area contributed by atoms with E-state index in [1.807, 2.05) is 7.05 Å². The molecule has 0 radical (unpaired) electrons. The smallest absolute Gasteiger partial charge is 0.259 e. The van der Waals surface area contributed by atoms with Gasteiger partial charge in [0.15, 0.2) is 15.7 Å². The highest BCUT2D eigenvalue weighted by Gasteiger charge is 2.26. The van der Waals surface area contributed by atoms with Crippen LogP contribution < -0.4 is 5.32 Å². The molecule has 2 aromatic rings. The third-order valence-corrected chi connectivity index (χ3v) is 6.22. The quantitative estimate of drug-likeness (QED) is 0.831. The number of nitrogens with zero attached hydrogens (tertiary/aromatic N) is 3. The molecule has 1 unspecified atom stereocenters. The molecule has 1 aromatic heterocycles. The summed E-state index contributed by atoms with van der Waals surface area (Å²) < 4.78 is 29.5. The molecule has 1 aliphatic heterocycles. The van der Waals surface area contributed by atoms with Crippen LogP contribution in [0.25, 0.3) is 11.5 Å². The molecule has 1 saturated heterocycles. The van der Waals surface area contributed by atoms with Gasteiger partial charge < -0.3 is 9.84 Å². The van der Waals surface area contributed by atoms with Gasteiger partial charge in [-0.2, -0.15) is 4.98 Å². The normalized spacial score (nSPS) is 18.8. The maximum absolute atomic E-state index is 12.1. The largest absolute Gasteiger partial charge is 0.334 e. The second kappa shape index (κ2) is 8.01. The van der Waals surface area contributed by atoms with Gasteiger partial charge in [0, 0.05) is 19.6 Å². The Morgan fingerprint density at radius 3 is 2.88 bits per heavy atom. The molecule has 3 rings (SSSR count). The number of hydrogen-bond donors (Lipinski definition) is 1. The van der Waals surface area contributed by atoms with Crippen molar-refractivity contribution in [2.24, 2.45) is 0 Å². The van der Waals surface area contributed by atoms with Crippen LogP contribution in [0.3, 0.4) is 0 Å². The van der Waals surface area contributed by atoms with Crippen LogP contribution in [0, 0.1) is 0 Å². The summed E-state index contributed by atoms with van der Waals surface area (Å²) in [5.41, 5.74) is 0.427. The van der Waals surface area contributed by atoms with Crippen LogP contribution in [-0.2, 0) is 9.84 Å². The first kappa shape index (κ1) is 20.1. The van der Waals surface area contributed by atoms with Gasteiger partial charge in [0.1, 0.15) is 0 Å². The molecule has 1 aliphatic rings. The number of rotatable bonds is 4. The minimum Gasteiger partial charge on any atom is -0.334 e. The number of halogens is 2. The van der Waals surface area contributed by atoms with E-state index in [0.29, 0.717) is 16.4 Å². The third kappa shape index (κ3) is 4.15. The zero-order valence-corrected chi connectivity index (χ0v) is 16.3. The van der Waals surface area contributed by atoms with Gasteiger partial charge in [0.2, 0.25) is 0 Å². The standard InChI is InChI=1S/C15H19ClN4O3S.ClH/c1-3-24(21,22)10-4-5-12(16)11(8-10)15-18-14(19-23-15)13-9-17-6-7-20(13)2;/h4-5,8,13,17H,3,6-7,9H2,1-2H3;1H. The van der Waals surface area contributed by atoms with E-state index in [-0.39, 0.29) is 35.0 Å². The van der Waals surface area contributed by atoms with Gasteiger partial charge in [-0.3, -0.25) is 4.90 Å². The molecule has 138 valence electrons. The lowest BCUT2D eigenvalue weighted by molar-refractivity contribution is 0.190. The molecule has 0 bridgehead atoms. The van der Waals surface area contributed by atoms with Crippen LogP contribution in [0.5, 0.6) is 0 Å². The van der Waals surface area contributed by atoms with Crippen LogP contribution in [0.2, 0.25) is 5.02 Å². The Labute approximate surface area is 158 Å². The summed E-state index contributed by atoms with van der Waals surface area (Å²) >= 11 is 6.20. The molecular weight excluding hydrogens is 387 g/mol. The summed E-state index contributed by atoms with van der Waals surface area (Å²) in [4.78, 5) is 6.76. The molecule has 0 amide bonds. The van der Waals surface area contributed by atoms with E-state index < -0.39 is 9.84 Å². The van der Waals surface area contributed by atoms with E-state index in [1.165, 1.54) is 18.2 Å². The summed E-state index contributed by atoms with van der Waals surface area (Å²) in [6.07, 6.45) is 0. The van der Waals surface area contributed by atoms with Gasteiger partial charge >= 0.3 is 0 Å². The Bertz CT molecular complexity index is 841. The highest BCUT2D eigenvalue weighted by atomic mass is 35.5. The van der Waals surface area contributed by atoms with Crippen LogP contribution in [0.4, 0.5) is 0 Å². The number of nitrogens with one attached hydrogen (secondary N) is 1. The molecule has 7 nitrogen and oxygen atoms in total. The molecular formula is C15H20Cl2N4O3S. The lowest BCUT2D eigenvalue weighted by Crippen LogP contribution is -2.44. The number of aromatic nitrogens is 2. The lowest BCUT2D eigenvalue weighted by Gasteiger charge is -2.30. The molecule has 1 fully saturated rings. The van der Waals surface area contributed by atoms with Gasteiger partial charge in [-0.05, 0) is 25.2 Å². The summed E-state index contributed by atoms with van der Waals surface area (Å²) in [5.74, 6) is 0.795. The Hall–Kier alpha value is -1.19. The van der Waals surface area contributed by atoms with Crippen molar-refractivity contribution in [1.82, 2.24) is 20.4 Å². The minimum absolute atomic E-state index is 0. The predicted octanol–water partition coefficient (Wildman–Crippen LogP) is 2.18. The minimum atomic E-state index is -3.33. The fourth-order valence-electron chi connectivity index (χ4n) is 2.60. The lowest BCUT2D eigenvalue weighted by atomic mass is 10.2. The summed E-state index contributed by atoms with van der Waals surface area (Å²) in [6, 6.07) is 4.53. The van der Waals surface area contributed by atoms with Crippen molar-refractivity contribution in [3.05, 3.63) is 29.0 Å². The van der Waals surface area contributed by atoms with Gasteiger partial charge in [0.05, 0.1) is 27.3 Å². The fourth-order valence-corrected chi connectivity index (χ4v) is 3.71. The van der Waals surface area contributed by atoms with Crippen molar-refractivity contribution >= 4 is 33.8 Å². The number of hydrogen-bond acceptors (Lipinski definition) is 7. The van der Waals surface area contributed by atoms with Crippen LogP contribution in [0.1, 0.15) is 18.8 Å². The van der Waals surface area contributed by atoms with Gasteiger partial charge in [-0.1, -0.05) is 23.7 Å². The molecule has 0 spiro atoms. The first-order valence-corrected chi connectivity index (χ1v) is 9.72. The Balaban J connectivity index is 0.00000225. The van der Waals surface area contributed by atoms with E-state index in [0.717, 1.165) is 19.6 Å². The first-order valence-electron chi connectivity index (χ1n) is 7.69. The van der Waals surface area contributed by atoms with Crippen molar-refractivity contribution in [1.29, 1.82) is 0 Å². The van der Waals surface area contributed by atoms with E-state index in [1.54, 1.807) is 6.92 Å². The van der Waals surface area contributed by atoms with Crippen LogP contribution >= 0.6 is 24.0 Å². The topological polar surface area (TPSA) is 88.3 Å². The van der Waals surface area contributed by atoms with Gasteiger partial charge in [-0.25, -0.2) is 8.42 Å². The monoisotopic (exact) mass is 406 g/mol. The van der Waals surface area contributed by atoms with Crippen LogP contribution in [-0.4, -0.2) is 55.9 Å². The van der Waals surface area contributed by atoms with Crippen molar-refractivity contribution in [2.75, 3.05) is 32.4 Å². The van der Waals surface area contributed by atoms with Gasteiger partial charge in [-0.15, -0.1) is 12.4 Å². The fraction of sp³-hybridized carbons (Fsp3) is 0.467. The Kier molecular flexibility index (Phi) is 6.45. The number of sulfone groups is 1. The predicted molar refractivity (Wildman–Crippen MR) is 98.0 cm³/mol. The summed E-state index contributed by atoms with van der Waals surface area (Å²) in [6.45, 7) is 4.13. The number of likely N-dealkylation sites (N-methyl/N-ethyl adjacent to an activating group) is 1. The second-order valence-corrected chi connectivity index (χ2v) is 8.39. The maximum Gasteiger partial charge on any atom is 0.259 e. The average molecular weight is 407 g/mol. The third-order valence-electron chi connectivity index (χ3n) is 4.16. The van der Waals surface area contributed by atoms with Crippen LogP contribution in [0.15, 0.2) is 27.6 Å². The number of benzene rings is 1. The van der Waals surface area contributed by atoms with Crippen molar-refractivity contribution in [2.45, 2.75) is 17.9 Å². The molecule has 2 heterocycles. The molecule has 10 heteroatoms. The zero-order valence-electron chi connectivity index (χ0n) is 13.9. The number of piperazine rings is 1. The average Bonchev–Trinajstić information content (AvgIpc) is 3.05.